The SMILES string of the molecule is c1ccc2c(-c3ccc4oc5cc6oc7ccc(-n8c9ccccc9c9ccccc98)cc7c6cc5c4c3)cccc2c1. The molecular weight excluding hydrogens is 526 g/mol. The van der Waals surface area contributed by atoms with Crippen molar-refractivity contribution in [1.29, 1.82) is 0 Å². The molecule has 0 saturated carbocycles. The van der Waals surface area contributed by atoms with E-state index in [-0.39, 0.29) is 0 Å². The molecule has 0 unspecified atom stereocenters. The van der Waals surface area contributed by atoms with Crippen LogP contribution in [0.5, 0.6) is 0 Å². The van der Waals surface area contributed by atoms with Crippen molar-refractivity contribution in [3.8, 4) is 16.8 Å². The van der Waals surface area contributed by atoms with Gasteiger partial charge in [0.05, 0.1) is 11.0 Å². The van der Waals surface area contributed by atoms with Gasteiger partial charge < -0.3 is 13.4 Å². The van der Waals surface area contributed by atoms with Gasteiger partial charge in [0.25, 0.3) is 0 Å². The molecule has 0 amide bonds. The Morgan fingerprint density at radius 3 is 1.70 bits per heavy atom. The number of hydrogen-bond donors (Lipinski definition) is 0. The van der Waals surface area contributed by atoms with Crippen LogP contribution in [-0.4, -0.2) is 4.57 Å². The molecule has 0 N–H and O–H groups in total. The summed E-state index contributed by atoms with van der Waals surface area (Å²) in [4.78, 5) is 0. The zero-order valence-electron chi connectivity index (χ0n) is 23.0. The summed E-state index contributed by atoms with van der Waals surface area (Å²) in [5.74, 6) is 0. The van der Waals surface area contributed by atoms with Crippen LogP contribution in [0.4, 0.5) is 0 Å². The van der Waals surface area contributed by atoms with Gasteiger partial charge in [-0.15, -0.1) is 0 Å². The Labute approximate surface area is 245 Å². The normalized spacial score (nSPS) is 12.2. The van der Waals surface area contributed by atoms with Crippen molar-refractivity contribution in [3.05, 3.63) is 140 Å². The molecule has 0 radical (unpaired) electrons. The Balaban J connectivity index is 1.21. The molecule has 0 aliphatic heterocycles. The van der Waals surface area contributed by atoms with E-state index in [4.69, 9.17) is 8.83 Å². The van der Waals surface area contributed by atoms with Gasteiger partial charge in [-0.05, 0) is 70.4 Å². The second kappa shape index (κ2) is 8.37. The minimum absolute atomic E-state index is 0.829. The maximum atomic E-state index is 6.38. The first-order valence-electron chi connectivity index (χ1n) is 14.6. The van der Waals surface area contributed by atoms with Crippen LogP contribution in [0.15, 0.2) is 148 Å². The largest absolute Gasteiger partial charge is 0.456 e. The van der Waals surface area contributed by atoms with Crippen molar-refractivity contribution in [1.82, 2.24) is 4.57 Å². The Bertz CT molecular complexity index is 2680. The summed E-state index contributed by atoms with van der Waals surface area (Å²) in [7, 11) is 0. The van der Waals surface area contributed by atoms with Crippen molar-refractivity contribution >= 4 is 76.5 Å². The van der Waals surface area contributed by atoms with Gasteiger partial charge in [-0.3, -0.25) is 0 Å². The fourth-order valence-electron chi connectivity index (χ4n) is 7.02. The van der Waals surface area contributed by atoms with E-state index in [1.165, 1.54) is 43.7 Å². The third-order valence-corrected chi connectivity index (χ3v) is 8.98. The Morgan fingerprint density at radius 2 is 0.953 bits per heavy atom. The highest BCUT2D eigenvalue weighted by molar-refractivity contribution is 6.16. The van der Waals surface area contributed by atoms with E-state index in [1.54, 1.807) is 0 Å². The lowest BCUT2D eigenvalue weighted by atomic mass is 9.97. The van der Waals surface area contributed by atoms with Gasteiger partial charge in [-0.2, -0.15) is 0 Å². The van der Waals surface area contributed by atoms with E-state index in [1.807, 2.05) is 6.07 Å². The molecule has 0 saturated heterocycles. The summed E-state index contributed by atoms with van der Waals surface area (Å²) in [6.07, 6.45) is 0. The number of aromatic nitrogens is 1. The number of hydrogen-bond acceptors (Lipinski definition) is 2. The lowest BCUT2D eigenvalue weighted by molar-refractivity contribution is 0.656. The second-order valence-electron chi connectivity index (χ2n) is 11.3. The van der Waals surface area contributed by atoms with Crippen LogP contribution in [0.3, 0.4) is 0 Å². The third-order valence-electron chi connectivity index (χ3n) is 8.98. The van der Waals surface area contributed by atoms with Gasteiger partial charge in [-0.25, -0.2) is 0 Å². The van der Waals surface area contributed by atoms with Gasteiger partial charge in [0, 0.05) is 44.1 Å². The van der Waals surface area contributed by atoms with Crippen LogP contribution in [0, 0.1) is 0 Å². The van der Waals surface area contributed by atoms with Crippen LogP contribution in [0.25, 0.3) is 93.3 Å². The maximum Gasteiger partial charge on any atom is 0.139 e. The molecule has 0 fully saturated rings. The number of furan rings is 2. The number of benzene rings is 7. The molecule has 0 atom stereocenters. The summed E-state index contributed by atoms with van der Waals surface area (Å²) >= 11 is 0. The summed E-state index contributed by atoms with van der Waals surface area (Å²) in [6.45, 7) is 0. The fourth-order valence-corrected chi connectivity index (χ4v) is 7.02. The van der Waals surface area contributed by atoms with Gasteiger partial charge in [-0.1, -0.05) is 84.9 Å². The summed E-state index contributed by atoms with van der Waals surface area (Å²) in [5, 5.41) is 9.37. The molecule has 3 nitrogen and oxygen atoms in total. The highest BCUT2D eigenvalue weighted by atomic mass is 16.3. The Kier molecular flexibility index (Phi) is 4.45. The van der Waals surface area contributed by atoms with Crippen molar-refractivity contribution in [3.63, 3.8) is 0 Å². The molecule has 0 aliphatic rings. The lowest BCUT2D eigenvalue weighted by Crippen LogP contribution is -1.93. The monoisotopic (exact) mass is 549 g/mol. The van der Waals surface area contributed by atoms with Crippen molar-refractivity contribution in [2.45, 2.75) is 0 Å². The van der Waals surface area contributed by atoms with E-state index in [9.17, 15) is 0 Å². The van der Waals surface area contributed by atoms with E-state index in [2.05, 4.69) is 138 Å². The summed E-state index contributed by atoms with van der Waals surface area (Å²) < 4.78 is 15.1. The molecule has 3 heteroatoms. The number of fused-ring (bicyclic) bond motifs is 10. The van der Waals surface area contributed by atoms with Crippen LogP contribution in [0.1, 0.15) is 0 Å². The van der Waals surface area contributed by atoms with Crippen LogP contribution in [0.2, 0.25) is 0 Å². The zero-order chi connectivity index (χ0) is 28.1. The maximum absolute atomic E-state index is 6.38. The molecular formula is C40H23NO2. The van der Waals surface area contributed by atoms with Gasteiger partial charge in [0.2, 0.25) is 0 Å². The predicted octanol–water partition coefficient (Wildman–Crippen LogP) is 11.4. The van der Waals surface area contributed by atoms with Gasteiger partial charge in [0.15, 0.2) is 0 Å². The van der Waals surface area contributed by atoms with Crippen molar-refractivity contribution in [2.24, 2.45) is 0 Å². The van der Waals surface area contributed by atoms with E-state index in [0.29, 0.717) is 0 Å². The van der Waals surface area contributed by atoms with Gasteiger partial charge in [0.1, 0.15) is 22.3 Å². The van der Waals surface area contributed by atoms with Crippen LogP contribution < -0.4 is 0 Å². The molecule has 10 aromatic rings. The van der Waals surface area contributed by atoms with Gasteiger partial charge >= 0.3 is 0 Å². The first kappa shape index (κ1) is 22.8. The molecule has 7 aromatic carbocycles. The van der Waals surface area contributed by atoms with E-state index >= 15 is 0 Å². The highest BCUT2D eigenvalue weighted by Crippen LogP contribution is 2.40. The summed E-state index contributed by atoms with van der Waals surface area (Å²) in [6, 6.07) is 49.6. The minimum atomic E-state index is 0.829. The predicted molar refractivity (Wildman–Crippen MR) is 178 cm³/mol. The first-order chi connectivity index (χ1) is 21.3. The molecule has 10 rings (SSSR count). The zero-order valence-corrected chi connectivity index (χ0v) is 23.0. The average Bonchev–Trinajstić information content (AvgIpc) is 3.71. The lowest BCUT2D eigenvalue weighted by Gasteiger charge is -2.08. The Hall–Kier alpha value is -5.80. The topological polar surface area (TPSA) is 31.2 Å². The number of rotatable bonds is 2. The van der Waals surface area contributed by atoms with Crippen LogP contribution in [-0.2, 0) is 0 Å². The Morgan fingerprint density at radius 1 is 0.372 bits per heavy atom. The first-order valence-corrected chi connectivity index (χ1v) is 14.6. The molecule has 0 spiro atoms. The molecule has 43 heavy (non-hydrogen) atoms. The fraction of sp³-hybridized carbons (Fsp3) is 0. The van der Waals surface area contributed by atoms with E-state index in [0.717, 1.165) is 49.6 Å². The number of para-hydroxylation sites is 2. The minimum Gasteiger partial charge on any atom is -0.456 e. The second-order valence-corrected chi connectivity index (χ2v) is 11.3. The molecule has 3 aromatic heterocycles. The third kappa shape index (κ3) is 3.19. The standard InChI is InChI=1S/C40H23NO2/c1-2-10-27-24(8-1)9-7-13-28(27)25-16-18-37-31(20-25)33-22-34-32-21-26(17-19-38(32)43-40(34)23-39(33)42-37)41-35-14-5-3-11-29(35)30-12-4-6-15-36(30)41/h1-23H. The molecule has 0 aliphatic carbocycles. The molecule has 0 bridgehead atoms. The summed E-state index contributed by atoms with van der Waals surface area (Å²) in [5.41, 5.74) is 9.31. The number of nitrogens with zero attached hydrogens (tertiary/aromatic N) is 1. The van der Waals surface area contributed by atoms with Crippen molar-refractivity contribution in [2.75, 3.05) is 0 Å². The smallest absolute Gasteiger partial charge is 0.139 e. The van der Waals surface area contributed by atoms with E-state index < -0.39 is 0 Å². The highest BCUT2D eigenvalue weighted by Gasteiger charge is 2.17. The van der Waals surface area contributed by atoms with Crippen LogP contribution >= 0.6 is 0 Å². The molecule has 3 heterocycles. The quantitative estimate of drug-likeness (QED) is 0.215. The molecule has 200 valence electrons. The average molecular weight is 550 g/mol. The van der Waals surface area contributed by atoms with Crippen molar-refractivity contribution < 1.29 is 8.83 Å².